The Bertz CT molecular complexity index is 2910. The molecule has 59 heavy (non-hydrogen) atoms. The van der Waals surface area contributed by atoms with Crippen LogP contribution in [0, 0.1) is 5.92 Å². The number of aliphatic imine (C=N–C) groups is 1. The second-order valence-corrected chi connectivity index (χ2v) is 15.0. The van der Waals surface area contributed by atoms with Crippen molar-refractivity contribution in [1.29, 1.82) is 0 Å². The second kappa shape index (κ2) is 15.8. The van der Waals surface area contributed by atoms with E-state index in [0.29, 0.717) is 5.92 Å². The zero-order valence-corrected chi connectivity index (χ0v) is 32.8. The fraction of sp³-hybridized carbons (Fsp3) is 0.0755. The first kappa shape index (κ1) is 35.8. The number of nitrogens with zero attached hydrogens (tertiary/aromatic N) is 6. The van der Waals surface area contributed by atoms with Gasteiger partial charge in [-0.25, -0.2) is 9.97 Å². The van der Waals surface area contributed by atoms with Crippen molar-refractivity contribution in [3.8, 4) is 34.2 Å². The molecule has 0 saturated carbocycles. The monoisotopic (exact) mass is 762 g/mol. The lowest BCUT2D eigenvalue weighted by Crippen LogP contribution is -2.11. The van der Waals surface area contributed by atoms with Crippen LogP contribution in [0.4, 0.5) is 11.4 Å². The molecule has 0 N–H and O–H groups in total. The molecule has 1 atom stereocenters. The minimum Gasteiger partial charge on any atom is -0.317 e. The van der Waals surface area contributed by atoms with Gasteiger partial charge in [-0.2, -0.15) is 0 Å². The Morgan fingerprint density at radius 2 is 1.34 bits per heavy atom. The van der Waals surface area contributed by atoms with Crippen LogP contribution in [0.1, 0.15) is 24.7 Å². The largest absolute Gasteiger partial charge is 0.317 e. The van der Waals surface area contributed by atoms with Gasteiger partial charge in [0.05, 0.1) is 22.4 Å². The van der Waals surface area contributed by atoms with Gasteiger partial charge < -0.3 is 4.90 Å². The van der Waals surface area contributed by atoms with Crippen LogP contribution in [0.5, 0.6) is 0 Å². The molecule has 3 heterocycles. The molecular weight excluding hydrogens is 721 g/mol. The first-order valence-electron chi connectivity index (χ1n) is 20.2. The molecular formula is C53H42N6. The van der Waals surface area contributed by atoms with E-state index in [1.165, 1.54) is 22.4 Å². The van der Waals surface area contributed by atoms with Gasteiger partial charge in [-0.1, -0.05) is 85.0 Å². The Hall–Kier alpha value is -7.57. The second-order valence-electron chi connectivity index (χ2n) is 15.0. The lowest BCUT2D eigenvalue weighted by molar-refractivity contribution is 0.804. The van der Waals surface area contributed by atoms with E-state index in [4.69, 9.17) is 9.97 Å². The van der Waals surface area contributed by atoms with Crippen molar-refractivity contribution < 1.29 is 0 Å². The van der Waals surface area contributed by atoms with Gasteiger partial charge in [-0.15, -0.1) is 0 Å². The lowest BCUT2D eigenvalue weighted by atomic mass is 9.84. The quantitative estimate of drug-likeness (QED) is 0.138. The normalized spacial score (nSPS) is 15.9. The predicted octanol–water partition coefficient (Wildman–Crippen LogP) is 12.7. The SMILES string of the molecule is C/C(=C\C=C\N(c1ccc(-c2nc3c(n2-c2ccccc2)CC=CC=C3)cc1)c1ccc(-c2nc3ccccc3n2-c2ccccc2)cc1)C1=CC=C2C=CN=CC2C1. The maximum absolute atomic E-state index is 5.18. The number of allylic oxidation sites excluding steroid dienone is 11. The van der Waals surface area contributed by atoms with Crippen LogP contribution in [-0.4, -0.2) is 25.3 Å². The van der Waals surface area contributed by atoms with Crippen molar-refractivity contribution in [1.82, 2.24) is 19.1 Å². The molecule has 0 bridgehead atoms. The van der Waals surface area contributed by atoms with E-state index < -0.39 is 0 Å². The Kier molecular flexibility index (Phi) is 9.57. The molecule has 6 nitrogen and oxygen atoms in total. The average Bonchev–Trinajstić information content (AvgIpc) is 3.78. The maximum atomic E-state index is 5.18. The minimum atomic E-state index is 0.330. The maximum Gasteiger partial charge on any atom is 0.145 e. The van der Waals surface area contributed by atoms with Gasteiger partial charge in [0.2, 0.25) is 0 Å². The van der Waals surface area contributed by atoms with Gasteiger partial charge in [-0.3, -0.25) is 14.1 Å². The summed E-state index contributed by atoms with van der Waals surface area (Å²) in [6.45, 7) is 2.19. The number of para-hydroxylation sites is 4. The molecule has 6 heteroatoms. The molecule has 0 saturated heterocycles. The molecule has 0 spiro atoms. The van der Waals surface area contributed by atoms with E-state index in [1.807, 2.05) is 18.3 Å². The minimum absolute atomic E-state index is 0.330. The van der Waals surface area contributed by atoms with Gasteiger partial charge in [0.1, 0.15) is 11.6 Å². The van der Waals surface area contributed by atoms with Gasteiger partial charge in [-0.05, 0) is 133 Å². The number of anilines is 2. The molecule has 284 valence electrons. The highest BCUT2D eigenvalue weighted by molar-refractivity contribution is 5.84. The van der Waals surface area contributed by atoms with Crippen molar-refractivity contribution >= 4 is 34.7 Å². The van der Waals surface area contributed by atoms with Crippen LogP contribution >= 0.6 is 0 Å². The topological polar surface area (TPSA) is 51.2 Å². The van der Waals surface area contributed by atoms with E-state index >= 15 is 0 Å². The summed E-state index contributed by atoms with van der Waals surface area (Å²) in [6, 6.07) is 46.8. The van der Waals surface area contributed by atoms with Gasteiger partial charge in [0.15, 0.2) is 0 Å². The summed E-state index contributed by atoms with van der Waals surface area (Å²) in [5.74, 6) is 2.16. The van der Waals surface area contributed by atoms with Crippen LogP contribution in [0.25, 0.3) is 51.3 Å². The molecule has 3 aliphatic rings. The molecule has 0 fully saturated rings. The summed E-state index contributed by atoms with van der Waals surface area (Å²) in [4.78, 5) is 16.9. The highest BCUT2D eigenvalue weighted by atomic mass is 15.1. The Balaban J connectivity index is 1.02. The van der Waals surface area contributed by atoms with Crippen LogP contribution < -0.4 is 4.90 Å². The number of hydrogen-bond donors (Lipinski definition) is 0. The fourth-order valence-corrected chi connectivity index (χ4v) is 8.19. The van der Waals surface area contributed by atoms with Crippen LogP contribution in [0.2, 0.25) is 0 Å². The van der Waals surface area contributed by atoms with Gasteiger partial charge in [0, 0.05) is 64.8 Å². The fourth-order valence-electron chi connectivity index (χ4n) is 8.19. The third kappa shape index (κ3) is 7.06. The van der Waals surface area contributed by atoms with Crippen LogP contribution in [-0.2, 0) is 6.42 Å². The zero-order chi connectivity index (χ0) is 39.5. The molecule has 10 rings (SSSR count). The molecule has 1 unspecified atom stereocenters. The number of benzene rings is 5. The van der Waals surface area contributed by atoms with Crippen LogP contribution in [0.15, 0.2) is 216 Å². The number of rotatable bonds is 9. The van der Waals surface area contributed by atoms with E-state index in [-0.39, 0.29) is 0 Å². The van der Waals surface area contributed by atoms with Gasteiger partial charge >= 0.3 is 0 Å². The number of imidazole rings is 2. The van der Waals surface area contributed by atoms with Crippen molar-refractivity contribution in [3.63, 3.8) is 0 Å². The predicted molar refractivity (Wildman–Crippen MR) is 244 cm³/mol. The Morgan fingerprint density at radius 3 is 2.07 bits per heavy atom. The standard InChI is InChI=1S/C53H42N6/c1-38(42-24-23-39-33-34-54-37-43(39)36-42)14-13-35-57(45-31-27-41(28-32-45)53-56-49-20-11-12-22-51(49)59(53)47-17-7-3-8-18-47)44-29-25-40(26-30-44)52-55-48-19-9-4-10-21-50(48)58(52)46-15-5-2-6-16-46/h2-20,22-35,37,43H,21,36H2,1H3/b35-13+,38-14+. The third-order valence-corrected chi connectivity index (χ3v) is 11.3. The molecule has 1 aliphatic heterocycles. The number of aromatic nitrogens is 4. The summed E-state index contributed by atoms with van der Waals surface area (Å²) < 4.78 is 4.54. The first-order valence-corrected chi connectivity index (χ1v) is 20.2. The molecule has 7 aromatic rings. The van der Waals surface area contributed by atoms with E-state index in [0.717, 1.165) is 75.1 Å². The summed E-state index contributed by atoms with van der Waals surface area (Å²) in [7, 11) is 0. The smallest absolute Gasteiger partial charge is 0.145 e. The van der Waals surface area contributed by atoms with Crippen molar-refractivity contribution in [2.75, 3.05) is 4.90 Å². The Labute approximate surface area is 344 Å². The Morgan fingerprint density at radius 1 is 0.678 bits per heavy atom. The summed E-state index contributed by atoms with van der Waals surface area (Å²) in [5.41, 5.74) is 14.4. The van der Waals surface area contributed by atoms with Gasteiger partial charge in [0.25, 0.3) is 0 Å². The van der Waals surface area contributed by atoms with Crippen LogP contribution in [0.3, 0.4) is 0 Å². The van der Waals surface area contributed by atoms with Crippen molar-refractivity contribution in [2.45, 2.75) is 19.8 Å². The highest BCUT2D eigenvalue weighted by Gasteiger charge is 2.21. The molecule has 0 amide bonds. The molecule has 0 radical (unpaired) electrons. The molecule has 2 aliphatic carbocycles. The molecule has 5 aromatic carbocycles. The zero-order valence-electron chi connectivity index (χ0n) is 32.8. The third-order valence-electron chi connectivity index (χ3n) is 11.3. The number of fused-ring (bicyclic) bond motifs is 3. The van der Waals surface area contributed by atoms with Crippen molar-refractivity contribution in [2.24, 2.45) is 10.9 Å². The first-order chi connectivity index (χ1) is 29.2. The van der Waals surface area contributed by atoms with Crippen molar-refractivity contribution in [3.05, 3.63) is 223 Å². The summed E-state index contributed by atoms with van der Waals surface area (Å²) in [5, 5.41) is 0. The number of hydrogen-bond acceptors (Lipinski definition) is 4. The lowest BCUT2D eigenvalue weighted by Gasteiger charge is -2.22. The van der Waals surface area contributed by atoms with E-state index in [1.54, 1.807) is 0 Å². The average molecular weight is 763 g/mol. The summed E-state index contributed by atoms with van der Waals surface area (Å²) >= 11 is 0. The summed E-state index contributed by atoms with van der Waals surface area (Å²) in [6.07, 6.45) is 27.3. The molecule has 2 aromatic heterocycles. The van der Waals surface area contributed by atoms with E-state index in [2.05, 4.69) is 214 Å². The van der Waals surface area contributed by atoms with E-state index in [9.17, 15) is 0 Å². The highest BCUT2D eigenvalue weighted by Crippen LogP contribution is 2.35.